The summed E-state index contributed by atoms with van der Waals surface area (Å²) in [4.78, 5) is 2.18. The van der Waals surface area contributed by atoms with E-state index < -0.39 is 0 Å². The summed E-state index contributed by atoms with van der Waals surface area (Å²) in [5, 5.41) is 9.97. The van der Waals surface area contributed by atoms with E-state index in [0.717, 1.165) is 31.4 Å². The van der Waals surface area contributed by atoms with Gasteiger partial charge in [-0.2, -0.15) is 0 Å². The van der Waals surface area contributed by atoms with Crippen molar-refractivity contribution < 1.29 is 5.11 Å². The maximum atomic E-state index is 9.97. The van der Waals surface area contributed by atoms with Gasteiger partial charge in [-0.1, -0.05) is 42.9 Å². The van der Waals surface area contributed by atoms with Crippen molar-refractivity contribution in [3.8, 4) is 11.8 Å². The minimum absolute atomic E-state index is 0.178. The van der Waals surface area contributed by atoms with Gasteiger partial charge in [0.2, 0.25) is 0 Å². The Morgan fingerprint density at radius 3 is 2.67 bits per heavy atom. The van der Waals surface area contributed by atoms with Gasteiger partial charge in [0.25, 0.3) is 0 Å². The van der Waals surface area contributed by atoms with Crippen molar-refractivity contribution in [3.63, 3.8) is 0 Å². The molecule has 2 rings (SSSR count). The Hall–Kier alpha value is -1.30. The fourth-order valence-electron chi connectivity index (χ4n) is 2.51. The molecule has 0 aliphatic heterocycles. The van der Waals surface area contributed by atoms with Crippen molar-refractivity contribution in [1.82, 2.24) is 4.90 Å². The number of nitrogens with zero attached hydrogens (tertiary/aromatic N) is 1. The SMILES string of the molecule is CN(CC#Cc1ccccc1)C1CCCCC1O. The molecule has 0 aromatic heterocycles. The summed E-state index contributed by atoms with van der Waals surface area (Å²) in [6.45, 7) is 0.719. The molecular weight excluding hydrogens is 222 g/mol. The molecular formula is C16H21NO. The van der Waals surface area contributed by atoms with Gasteiger partial charge in [-0.3, -0.25) is 4.90 Å². The summed E-state index contributed by atoms with van der Waals surface area (Å²) in [7, 11) is 2.05. The van der Waals surface area contributed by atoms with E-state index in [9.17, 15) is 5.11 Å². The molecule has 96 valence electrons. The minimum atomic E-state index is -0.178. The molecule has 1 saturated carbocycles. The largest absolute Gasteiger partial charge is 0.391 e. The van der Waals surface area contributed by atoms with E-state index in [2.05, 4.69) is 23.8 Å². The first-order valence-corrected chi connectivity index (χ1v) is 6.69. The zero-order valence-corrected chi connectivity index (χ0v) is 11.0. The van der Waals surface area contributed by atoms with Crippen LogP contribution in [-0.2, 0) is 0 Å². The van der Waals surface area contributed by atoms with Crippen LogP contribution in [0, 0.1) is 11.8 Å². The first-order valence-electron chi connectivity index (χ1n) is 6.69. The van der Waals surface area contributed by atoms with Gasteiger partial charge in [0, 0.05) is 11.6 Å². The number of benzene rings is 1. The maximum absolute atomic E-state index is 9.97. The topological polar surface area (TPSA) is 23.5 Å². The summed E-state index contributed by atoms with van der Waals surface area (Å²) in [5.41, 5.74) is 1.05. The van der Waals surface area contributed by atoms with Crippen molar-refractivity contribution >= 4 is 0 Å². The van der Waals surface area contributed by atoms with E-state index in [1.807, 2.05) is 30.3 Å². The number of hydrogen-bond donors (Lipinski definition) is 1. The predicted octanol–water partition coefficient (Wildman–Crippen LogP) is 2.27. The zero-order valence-electron chi connectivity index (χ0n) is 11.0. The molecule has 2 nitrogen and oxygen atoms in total. The minimum Gasteiger partial charge on any atom is -0.391 e. The monoisotopic (exact) mass is 243 g/mol. The smallest absolute Gasteiger partial charge is 0.0695 e. The van der Waals surface area contributed by atoms with E-state index in [1.165, 1.54) is 6.42 Å². The fraction of sp³-hybridized carbons (Fsp3) is 0.500. The van der Waals surface area contributed by atoms with Gasteiger partial charge in [0.1, 0.15) is 0 Å². The Bertz CT molecular complexity index is 418. The van der Waals surface area contributed by atoms with E-state index >= 15 is 0 Å². The van der Waals surface area contributed by atoms with Crippen LogP contribution in [0.25, 0.3) is 0 Å². The quantitative estimate of drug-likeness (QED) is 0.806. The predicted molar refractivity (Wildman–Crippen MR) is 74.2 cm³/mol. The van der Waals surface area contributed by atoms with E-state index in [0.29, 0.717) is 0 Å². The fourth-order valence-corrected chi connectivity index (χ4v) is 2.51. The highest BCUT2D eigenvalue weighted by Crippen LogP contribution is 2.21. The second-order valence-corrected chi connectivity index (χ2v) is 5.00. The highest BCUT2D eigenvalue weighted by molar-refractivity contribution is 5.33. The van der Waals surface area contributed by atoms with Crippen molar-refractivity contribution in [2.24, 2.45) is 0 Å². The molecule has 2 atom stereocenters. The van der Waals surface area contributed by atoms with Crippen molar-refractivity contribution in [3.05, 3.63) is 35.9 Å². The first kappa shape index (κ1) is 13.1. The molecule has 0 amide bonds. The normalized spacial score (nSPS) is 23.5. The van der Waals surface area contributed by atoms with E-state index in [1.54, 1.807) is 0 Å². The third-order valence-electron chi connectivity index (χ3n) is 3.60. The maximum Gasteiger partial charge on any atom is 0.0695 e. The molecule has 1 N–H and O–H groups in total. The molecule has 1 aromatic carbocycles. The van der Waals surface area contributed by atoms with Crippen LogP contribution >= 0.6 is 0 Å². The molecule has 18 heavy (non-hydrogen) atoms. The summed E-state index contributed by atoms with van der Waals surface area (Å²) in [6.07, 6.45) is 4.22. The lowest BCUT2D eigenvalue weighted by Gasteiger charge is -2.34. The van der Waals surface area contributed by atoms with Gasteiger partial charge in [0.05, 0.1) is 12.6 Å². The van der Waals surface area contributed by atoms with Gasteiger partial charge in [0.15, 0.2) is 0 Å². The highest BCUT2D eigenvalue weighted by atomic mass is 16.3. The third kappa shape index (κ3) is 3.60. The molecule has 0 heterocycles. The van der Waals surface area contributed by atoms with Gasteiger partial charge >= 0.3 is 0 Å². The molecule has 0 bridgehead atoms. The Morgan fingerprint density at radius 2 is 1.94 bits per heavy atom. The van der Waals surface area contributed by atoms with Crippen LogP contribution in [-0.4, -0.2) is 35.7 Å². The van der Waals surface area contributed by atoms with Gasteiger partial charge in [-0.05, 0) is 32.0 Å². The lowest BCUT2D eigenvalue weighted by molar-refractivity contribution is 0.0381. The zero-order chi connectivity index (χ0) is 12.8. The standard InChI is InChI=1S/C16H21NO/c1-17(15-11-5-6-12-16(15)18)13-7-10-14-8-3-2-4-9-14/h2-4,8-9,15-16,18H,5-6,11-13H2,1H3. The van der Waals surface area contributed by atoms with Crippen LogP contribution in [0.5, 0.6) is 0 Å². The molecule has 1 aliphatic carbocycles. The van der Waals surface area contributed by atoms with Crippen LogP contribution in [0.15, 0.2) is 30.3 Å². The summed E-state index contributed by atoms with van der Waals surface area (Å²) >= 11 is 0. The average molecular weight is 243 g/mol. The Balaban J connectivity index is 1.88. The van der Waals surface area contributed by atoms with Crippen LogP contribution in [0.1, 0.15) is 31.2 Å². The average Bonchev–Trinajstić information content (AvgIpc) is 2.40. The first-order chi connectivity index (χ1) is 8.77. The number of aliphatic hydroxyl groups is 1. The summed E-state index contributed by atoms with van der Waals surface area (Å²) in [5.74, 6) is 6.34. The molecule has 0 spiro atoms. The molecule has 0 saturated heterocycles. The van der Waals surface area contributed by atoms with Gasteiger partial charge in [-0.25, -0.2) is 0 Å². The molecule has 2 heteroatoms. The van der Waals surface area contributed by atoms with Crippen molar-refractivity contribution in [2.45, 2.75) is 37.8 Å². The summed E-state index contributed by atoms with van der Waals surface area (Å²) in [6, 6.07) is 10.3. The Kier molecular flexibility index (Phi) is 4.81. The van der Waals surface area contributed by atoms with Crippen LogP contribution in [0.3, 0.4) is 0 Å². The highest BCUT2D eigenvalue weighted by Gasteiger charge is 2.25. The Labute approximate surface area is 110 Å². The second kappa shape index (κ2) is 6.58. The van der Waals surface area contributed by atoms with Crippen LogP contribution in [0.4, 0.5) is 0 Å². The lowest BCUT2D eigenvalue weighted by Crippen LogP contribution is -2.43. The van der Waals surface area contributed by atoms with Gasteiger partial charge < -0.3 is 5.11 Å². The van der Waals surface area contributed by atoms with Crippen molar-refractivity contribution in [2.75, 3.05) is 13.6 Å². The van der Waals surface area contributed by atoms with Crippen LogP contribution in [0.2, 0.25) is 0 Å². The summed E-state index contributed by atoms with van der Waals surface area (Å²) < 4.78 is 0. The van der Waals surface area contributed by atoms with Crippen LogP contribution < -0.4 is 0 Å². The van der Waals surface area contributed by atoms with Gasteiger partial charge in [-0.15, -0.1) is 0 Å². The molecule has 1 aromatic rings. The molecule has 2 unspecified atom stereocenters. The molecule has 1 aliphatic rings. The van der Waals surface area contributed by atoms with E-state index in [4.69, 9.17) is 0 Å². The molecule has 0 radical (unpaired) electrons. The Morgan fingerprint density at radius 1 is 1.22 bits per heavy atom. The van der Waals surface area contributed by atoms with E-state index in [-0.39, 0.29) is 12.1 Å². The number of aliphatic hydroxyl groups excluding tert-OH is 1. The third-order valence-corrected chi connectivity index (χ3v) is 3.60. The van der Waals surface area contributed by atoms with Crippen molar-refractivity contribution in [1.29, 1.82) is 0 Å². The number of likely N-dealkylation sites (N-methyl/N-ethyl adjacent to an activating group) is 1. The molecule has 1 fully saturated rings. The number of hydrogen-bond acceptors (Lipinski definition) is 2. The lowest BCUT2D eigenvalue weighted by atomic mass is 9.92. The number of rotatable bonds is 2. The second-order valence-electron chi connectivity index (χ2n) is 5.00.